The van der Waals surface area contributed by atoms with Gasteiger partial charge >= 0.3 is 5.91 Å². The Bertz CT molecular complexity index is 1420. The molecule has 0 unspecified atom stereocenters. The Labute approximate surface area is 177 Å². The van der Waals surface area contributed by atoms with Crippen LogP contribution in [-0.4, -0.2) is 64.7 Å². The number of oxazole rings is 1. The van der Waals surface area contributed by atoms with Crippen molar-refractivity contribution in [2.24, 2.45) is 0 Å². The molecule has 4 aromatic rings. The molecule has 1 saturated heterocycles. The molecular formula is C21H17N5O4S. The van der Waals surface area contributed by atoms with Gasteiger partial charge in [-0.25, -0.2) is 13.4 Å². The number of piperazine rings is 1. The Hall–Kier alpha value is -3.68. The lowest BCUT2D eigenvalue weighted by molar-refractivity contribution is 0.0660. The fourth-order valence-electron chi connectivity index (χ4n) is 3.60. The molecule has 0 radical (unpaired) electrons. The van der Waals surface area contributed by atoms with Crippen LogP contribution in [-0.2, 0) is 10.0 Å². The van der Waals surface area contributed by atoms with Crippen LogP contribution < -0.4 is 0 Å². The topological polar surface area (TPSA) is 112 Å². The molecule has 5 rings (SSSR count). The zero-order valence-corrected chi connectivity index (χ0v) is 17.1. The van der Waals surface area contributed by atoms with Crippen molar-refractivity contribution in [3.05, 3.63) is 54.0 Å². The third-order valence-corrected chi connectivity index (χ3v) is 7.07. The molecule has 4 heterocycles. The van der Waals surface area contributed by atoms with E-state index in [1.807, 2.05) is 0 Å². The number of hydrogen-bond acceptors (Lipinski definition) is 6. The van der Waals surface area contributed by atoms with Crippen molar-refractivity contribution in [1.29, 1.82) is 0 Å². The number of carbonyl (C=O) groups is 1. The van der Waals surface area contributed by atoms with Gasteiger partial charge in [0.15, 0.2) is 11.2 Å². The van der Waals surface area contributed by atoms with Crippen LogP contribution in [0, 0.1) is 12.3 Å². The average Bonchev–Trinajstić information content (AvgIpc) is 3.42. The van der Waals surface area contributed by atoms with Gasteiger partial charge in [0.1, 0.15) is 5.03 Å². The lowest BCUT2D eigenvalue weighted by Crippen LogP contribution is -2.50. The molecule has 0 bridgehead atoms. The number of pyridine rings is 1. The summed E-state index contributed by atoms with van der Waals surface area (Å²) in [5, 5.41) is 0.828. The highest BCUT2D eigenvalue weighted by Gasteiger charge is 2.32. The van der Waals surface area contributed by atoms with E-state index >= 15 is 0 Å². The summed E-state index contributed by atoms with van der Waals surface area (Å²) in [5.74, 6) is 2.10. The number of rotatable bonds is 3. The van der Waals surface area contributed by atoms with Gasteiger partial charge in [0.2, 0.25) is 0 Å². The molecule has 1 aliphatic rings. The van der Waals surface area contributed by atoms with Gasteiger partial charge in [-0.1, -0.05) is 5.92 Å². The number of hydrogen-bond donors (Lipinski definition) is 1. The molecule has 0 aliphatic carbocycles. The molecule has 10 heteroatoms. The van der Waals surface area contributed by atoms with Gasteiger partial charge < -0.3 is 14.3 Å². The smallest absolute Gasteiger partial charge is 0.309 e. The predicted molar refractivity (Wildman–Crippen MR) is 113 cm³/mol. The Balaban J connectivity index is 1.32. The van der Waals surface area contributed by atoms with Crippen LogP contribution in [0.1, 0.15) is 16.2 Å². The number of amides is 1. The van der Waals surface area contributed by atoms with Gasteiger partial charge in [-0.15, -0.1) is 6.42 Å². The molecule has 1 aromatic carbocycles. The van der Waals surface area contributed by atoms with Crippen molar-refractivity contribution >= 4 is 38.1 Å². The maximum absolute atomic E-state index is 13.1. The van der Waals surface area contributed by atoms with E-state index in [0.29, 0.717) is 22.3 Å². The van der Waals surface area contributed by atoms with Crippen LogP contribution >= 0.6 is 0 Å². The molecule has 1 N–H and O–H groups in total. The normalized spacial score (nSPS) is 15.4. The Morgan fingerprint density at radius 2 is 1.97 bits per heavy atom. The van der Waals surface area contributed by atoms with Gasteiger partial charge in [0.05, 0.1) is 0 Å². The summed E-state index contributed by atoms with van der Waals surface area (Å²) in [6.45, 7) is 0.784. The Kier molecular flexibility index (Phi) is 4.50. The van der Waals surface area contributed by atoms with Gasteiger partial charge in [-0.05, 0) is 36.4 Å². The first kappa shape index (κ1) is 19.3. The molecule has 0 spiro atoms. The van der Waals surface area contributed by atoms with Crippen LogP contribution in [0.25, 0.3) is 22.1 Å². The van der Waals surface area contributed by atoms with Crippen LogP contribution in [0.2, 0.25) is 0 Å². The average molecular weight is 435 g/mol. The second-order valence-corrected chi connectivity index (χ2v) is 9.03. The van der Waals surface area contributed by atoms with Crippen molar-refractivity contribution in [3.63, 3.8) is 0 Å². The lowest BCUT2D eigenvalue weighted by atomic mass is 10.2. The lowest BCUT2D eigenvalue weighted by Gasteiger charge is -2.32. The number of fused-ring (bicyclic) bond motifs is 2. The third-order valence-electron chi connectivity index (χ3n) is 5.25. The summed E-state index contributed by atoms with van der Waals surface area (Å²) in [4.78, 5) is 25.4. The predicted octanol–water partition coefficient (Wildman–Crippen LogP) is 1.83. The summed E-state index contributed by atoms with van der Waals surface area (Å²) in [6.07, 6.45) is 6.99. The molecule has 31 heavy (non-hydrogen) atoms. The molecular weight excluding hydrogens is 418 g/mol. The number of aromatic amines is 1. The Morgan fingerprint density at radius 1 is 1.16 bits per heavy atom. The molecule has 0 saturated carbocycles. The van der Waals surface area contributed by atoms with Crippen LogP contribution in [0.4, 0.5) is 0 Å². The van der Waals surface area contributed by atoms with E-state index in [4.69, 9.17) is 10.8 Å². The van der Waals surface area contributed by atoms with E-state index in [0.717, 1.165) is 5.39 Å². The first-order valence-corrected chi connectivity index (χ1v) is 11.0. The highest BCUT2D eigenvalue weighted by atomic mass is 32.2. The van der Waals surface area contributed by atoms with E-state index in [1.54, 1.807) is 42.6 Å². The number of nitrogens with one attached hydrogen (secondary N) is 1. The number of terminal acetylenes is 1. The second kappa shape index (κ2) is 7.23. The number of nitrogens with zero attached hydrogens (tertiary/aromatic N) is 4. The summed E-state index contributed by atoms with van der Waals surface area (Å²) < 4.78 is 33.0. The monoisotopic (exact) mass is 435 g/mol. The minimum Gasteiger partial charge on any atom is -0.431 e. The van der Waals surface area contributed by atoms with Crippen LogP contribution in [0.15, 0.2) is 52.0 Å². The van der Waals surface area contributed by atoms with Crippen molar-refractivity contribution in [1.82, 2.24) is 24.2 Å². The maximum atomic E-state index is 13.1. The zero-order valence-electron chi connectivity index (χ0n) is 16.3. The SMILES string of the molecule is C#Cc1ccc2[nH]c(S(=O)(=O)N3CCN(C(=O)c4nc5ncccc5o4)CC3)cc2c1. The molecule has 0 atom stereocenters. The molecule has 1 aliphatic heterocycles. The van der Waals surface area contributed by atoms with Crippen molar-refractivity contribution in [3.8, 4) is 12.3 Å². The highest BCUT2D eigenvalue weighted by molar-refractivity contribution is 7.89. The second-order valence-electron chi connectivity index (χ2n) is 7.12. The maximum Gasteiger partial charge on any atom is 0.309 e. The first-order chi connectivity index (χ1) is 15.0. The minimum atomic E-state index is -3.74. The highest BCUT2D eigenvalue weighted by Crippen LogP contribution is 2.24. The van der Waals surface area contributed by atoms with Crippen LogP contribution in [0.5, 0.6) is 0 Å². The Morgan fingerprint density at radius 3 is 2.71 bits per heavy atom. The molecule has 3 aromatic heterocycles. The van der Waals surface area contributed by atoms with E-state index < -0.39 is 10.0 Å². The van der Waals surface area contributed by atoms with Crippen molar-refractivity contribution < 1.29 is 17.6 Å². The number of benzene rings is 1. The fraction of sp³-hybridized carbons (Fsp3) is 0.190. The van der Waals surface area contributed by atoms with Gasteiger partial charge in [0.25, 0.3) is 15.9 Å². The summed E-state index contributed by atoms with van der Waals surface area (Å²) in [6, 6.07) is 10.2. The van der Waals surface area contributed by atoms with Gasteiger partial charge in [-0.3, -0.25) is 4.79 Å². The van der Waals surface area contributed by atoms with Crippen LogP contribution in [0.3, 0.4) is 0 Å². The fourth-order valence-corrected chi connectivity index (χ4v) is 5.04. The standard InChI is InChI=1S/C21H17N5O4S/c1-2-14-5-6-16-15(12-14)13-18(23-16)31(28,29)26-10-8-25(9-11-26)21(27)20-24-19-17(30-20)4-3-7-22-19/h1,3-7,12-13,23H,8-11H2. The number of carbonyl (C=O) groups excluding carboxylic acids is 1. The van der Waals surface area contributed by atoms with Crippen molar-refractivity contribution in [2.75, 3.05) is 26.2 Å². The third kappa shape index (κ3) is 3.34. The van der Waals surface area contributed by atoms with E-state index in [-0.39, 0.29) is 43.0 Å². The zero-order chi connectivity index (χ0) is 21.6. The number of aromatic nitrogens is 3. The summed E-state index contributed by atoms with van der Waals surface area (Å²) in [5.41, 5.74) is 2.16. The minimum absolute atomic E-state index is 0.0510. The summed E-state index contributed by atoms with van der Waals surface area (Å²) >= 11 is 0. The largest absolute Gasteiger partial charge is 0.431 e. The number of H-pyrrole nitrogens is 1. The van der Waals surface area contributed by atoms with E-state index in [9.17, 15) is 13.2 Å². The van der Waals surface area contributed by atoms with Gasteiger partial charge in [-0.2, -0.15) is 9.29 Å². The summed E-state index contributed by atoms with van der Waals surface area (Å²) in [7, 11) is -3.74. The number of sulfonamides is 1. The van der Waals surface area contributed by atoms with Gasteiger partial charge in [0, 0.05) is 48.8 Å². The first-order valence-electron chi connectivity index (χ1n) is 9.56. The van der Waals surface area contributed by atoms with E-state index in [1.165, 1.54) is 9.21 Å². The molecule has 9 nitrogen and oxygen atoms in total. The molecule has 1 fully saturated rings. The molecule has 1 amide bonds. The molecule has 156 valence electrons. The quantitative estimate of drug-likeness (QED) is 0.492. The van der Waals surface area contributed by atoms with E-state index in [2.05, 4.69) is 20.9 Å². The van der Waals surface area contributed by atoms with Crippen molar-refractivity contribution in [2.45, 2.75) is 5.03 Å².